The van der Waals surface area contributed by atoms with Crippen molar-refractivity contribution in [3.8, 4) is 0 Å². The predicted octanol–water partition coefficient (Wildman–Crippen LogP) is 4.25. The van der Waals surface area contributed by atoms with Gasteiger partial charge in [0, 0.05) is 0 Å². The van der Waals surface area contributed by atoms with Gasteiger partial charge in [0.1, 0.15) is 0 Å². The van der Waals surface area contributed by atoms with Gasteiger partial charge in [-0.1, -0.05) is 91.9 Å². The van der Waals surface area contributed by atoms with Gasteiger partial charge in [-0.05, 0) is 11.5 Å². The van der Waals surface area contributed by atoms with Crippen molar-refractivity contribution in [2.45, 2.75) is 44.3 Å². The van der Waals surface area contributed by atoms with Crippen LogP contribution in [0.15, 0.2) is 48.0 Å². The molecule has 3 rings (SSSR count). The van der Waals surface area contributed by atoms with Gasteiger partial charge in [-0.3, -0.25) is 0 Å². The van der Waals surface area contributed by atoms with E-state index in [4.69, 9.17) is 0 Å². The maximum atomic E-state index is 2.56. The highest BCUT2D eigenvalue weighted by Gasteiger charge is 2.35. The van der Waals surface area contributed by atoms with E-state index in [0.717, 1.165) is 5.54 Å². The van der Waals surface area contributed by atoms with Crippen molar-refractivity contribution < 1.29 is 0 Å². The molecule has 2 atom stereocenters. The van der Waals surface area contributed by atoms with Crippen LogP contribution in [0.25, 0.3) is 0 Å². The Morgan fingerprint density at radius 1 is 1.16 bits per heavy atom. The molecular formula is C17H23BSi. The average molecular weight is 266 g/mol. The zero-order valence-corrected chi connectivity index (χ0v) is 13.5. The Morgan fingerprint density at radius 3 is 2.58 bits per heavy atom. The third-order valence-electron chi connectivity index (χ3n) is 4.76. The number of hydrogen-bond acceptors (Lipinski definition) is 0. The molecule has 1 aliphatic heterocycles. The monoisotopic (exact) mass is 266 g/mol. The fourth-order valence-electron chi connectivity index (χ4n) is 3.50. The largest absolute Gasteiger partial charge is 0.209 e. The zero-order valence-electron chi connectivity index (χ0n) is 12.5. The molecule has 0 spiro atoms. The summed E-state index contributed by atoms with van der Waals surface area (Å²) in [5, 5.41) is 0. The second kappa shape index (κ2) is 4.52. The highest BCUT2D eigenvalue weighted by atomic mass is 28.3. The quantitative estimate of drug-likeness (QED) is 0.702. The SMILES string of the molecule is CC1CB(C2=CC([Si](C)(C)C)C=C2)c2ccccc21. The molecule has 0 amide bonds. The molecule has 0 fully saturated rings. The summed E-state index contributed by atoms with van der Waals surface area (Å²) < 4.78 is 0. The lowest BCUT2D eigenvalue weighted by Gasteiger charge is -2.21. The van der Waals surface area contributed by atoms with Gasteiger partial charge in [-0.2, -0.15) is 0 Å². The molecule has 0 bridgehead atoms. The fraction of sp³-hybridized carbons (Fsp3) is 0.412. The Bertz CT molecular complexity index is 551. The van der Waals surface area contributed by atoms with E-state index in [-0.39, 0.29) is 0 Å². The molecule has 1 heterocycles. The molecule has 1 aromatic rings. The summed E-state index contributed by atoms with van der Waals surface area (Å²) in [7, 11) is -1.09. The minimum absolute atomic E-state index is 0.642. The second-order valence-corrected chi connectivity index (χ2v) is 12.6. The van der Waals surface area contributed by atoms with Crippen LogP contribution < -0.4 is 5.46 Å². The molecule has 2 aliphatic rings. The van der Waals surface area contributed by atoms with Crippen LogP contribution in [0, 0.1) is 0 Å². The average Bonchev–Trinajstić information content (AvgIpc) is 2.94. The molecule has 1 aromatic carbocycles. The summed E-state index contributed by atoms with van der Waals surface area (Å²) in [5.41, 5.74) is 5.44. The highest BCUT2D eigenvalue weighted by molar-refractivity contribution is 6.83. The van der Waals surface area contributed by atoms with Crippen molar-refractivity contribution in [1.29, 1.82) is 0 Å². The Labute approximate surface area is 118 Å². The first kappa shape index (κ1) is 13.0. The first-order valence-corrected chi connectivity index (χ1v) is 11.0. The van der Waals surface area contributed by atoms with Crippen LogP contribution in [0.4, 0.5) is 0 Å². The van der Waals surface area contributed by atoms with Crippen molar-refractivity contribution in [2.24, 2.45) is 0 Å². The van der Waals surface area contributed by atoms with Crippen LogP contribution in [0.1, 0.15) is 18.4 Å². The summed E-state index contributed by atoms with van der Waals surface area (Å²) in [6.45, 7) is 10.4. The zero-order chi connectivity index (χ0) is 13.6. The standard InChI is InChI=1S/C17H23BSi/c1-13-12-18(17-8-6-5-7-16(13)17)14-9-10-15(11-14)19(2,3)4/h5-11,13,15H,12H2,1-4H3. The van der Waals surface area contributed by atoms with Crippen LogP contribution in [-0.2, 0) is 0 Å². The molecule has 98 valence electrons. The Balaban J connectivity index is 1.93. The first-order valence-electron chi connectivity index (χ1n) is 7.45. The van der Waals surface area contributed by atoms with Gasteiger partial charge in [0.05, 0.1) is 8.07 Å². The number of rotatable bonds is 2. The lowest BCUT2D eigenvalue weighted by atomic mass is 9.40. The molecule has 0 saturated carbocycles. The van der Waals surface area contributed by atoms with Crippen molar-refractivity contribution in [1.82, 2.24) is 0 Å². The number of allylic oxidation sites excluding steroid dienone is 4. The van der Waals surface area contributed by atoms with Crippen molar-refractivity contribution in [3.63, 3.8) is 0 Å². The van der Waals surface area contributed by atoms with Gasteiger partial charge in [0.15, 0.2) is 0 Å². The molecule has 2 heteroatoms. The molecule has 1 aliphatic carbocycles. The van der Waals surface area contributed by atoms with Gasteiger partial charge in [0.25, 0.3) is 0 Å². The van der Waals surface area contributed by atoms with Crippen molar-refractivity contribution in [3.05, 3.63) is 53.5 Å². The molecule has 0 aromatic heterocycles. The van der Waals surface area contributed by atoms with Crippen LogP contribution in [0.5, 0.6) is 0 Å². The molecule has 0 saturated heterocycles. The van der Waals surface area contributed by atoms with E-state index in [2.05, 4.69) is 69.1 Å². The Hall–Kier alpha value is -1.02. The van der Waals surface area contributed by atoms with Gasteiger partial charge < -0.3 is 0 Å². The van der Waals surface area contributed by atoms with Gasteiger partial charge in [-0.15, -0.1) is 0 Å². The number of benzene rings is 1. The van der Waals surface area contributed by atoms with E-state index in [0.29, 0.717) is 12.6 Å². The molecular weight excluding hydrogens is 243 g/mol. The van der Waals surface area contributed by atoms with Crippen molar-refractivity contribution in [2.75, 3.05) is 0 Å². The second-order valence-electron chi connectivity index (χ2n) is 7.24. The van der Waals surface area contributed by atoms with E-state index >= 15 is 0 Å². The number of fused-ring (bicyclic) bond motifs is 1. The van der Waals surface area contributed by atoms with Crippen LogP contribution in [0.2, 0.25) is 31.5 Å². The van der Waals surface area contributed by atoms with E-state index in [1.807, 2.05) is 0 Å². The summed E-state index contributed by atoms with van der Waals surface area (Å²) in [6, 6.07) is 9.02. The van der Waals surface area contributed by atoms with Crippen LogP contribution >= 0.6 is 0 Å². The van der Waals surface area contributed by atoms with Gasteiger partial charge in [-0.25, -0.2) is 0 Å². The summed E-state index contributed by atoms with van der Waals surface area (Å²) in [6.07, 6.45) is 8.70. The lowest BCUT2D eigenvalue weighted by molar-refractivity contribution is 0.883. The van der Waals surface area contributed by atoms with Crippen LogP contribution in [0.3, 0.4) is 0 Å². The third-order valence-corrected chi connectivity index (χ3v) is 7.12. The van der Waals surface area contributed by atoms with E-state index in [1.54, 1.807) is 16.5 Å². The topological polar surface area (TPSA) is 0 Å². The molecule has 2 unspecified atom stereocenters. The van der Waals surface area contributed by atoms with E-state index < -0.39 is 8.07 Å². The minimum Gasteiger partial charge on any atom is -0.0855 e. The summed E-state index contributed by atoms with van der Waals surface area (Å²) >= 11 is 0. The predicted molar refractivity (Wildman–Crippen MR) is 89.4 cm³/mol. The summed E-state index contributed by atoms with van der Waals surface area (Å²) in [4.78, 5) is 0. The molecule has 19 heavy (non-hydrogen) atoms. The van der Waals surface area contributed by atoms with Gasteiger partial charge in [0.2, 0.25) is 6.71 Å². The van der Waals surface area contributed by atoms with E-state index in [1.165, 1.54) is 6.32 Å². The molecule has 0 nitrogen and oxygen atoms in total. The molecule has 0 N–H and O–H groups in total. The smallest absolute Gasteiger partial charge is 0.0855 e. The lowest BCUT2D eigenvalue weighted by Crippen LogP contribution is -2.29. The fourth-order valence-corrected chi connectivity index (χ4v) is 4.87. The van der Waals surface area contributed by atoms with E-state index in [9.17, 15) is 0 Å². The maximum Gasteiger partial charge on any atom is 0.209 e. The maximum absolute atomic E-state index is 2.56. The number of hydrogen-bond donors (Lipinski definition) is 0. The molecule has 0 radical (unpaired) electrons. The Kier molecular flexibility index (Phi) is 3.09. The van der Waals surface area contributed by atoms with Gasteiger partial charge >= 0.3 is 0 Å². The van der Waals surface area contributed by atoms with Crippen LogP contribution in [-0.4, -0.2) is 14.8 Å². The minimum atomic E-state index is -1.09. The summed E-state index contributed by atoms with van der Waals surface area (Å²) in [5.74, 6) is 0.710. The third kappa shape index (κ3) is 2.27. The Morgan fingerprint density at radius 2 is 1.89 bits per heavy atom. The van der Waals surface area contributed by atoms with Crippen molar-refractivity contribution >= 4 is 20.2 Å². The normalized spacial score (nSPS) is 25.7. The highest BCUT2D eigenvalue weighted by Crippen LogP contribution is 2.36. The first-order chi connectivity index (χ1) is 8.97.